The van der Waals surface area contributed by atoms with Gasteiger partial charge in [-0.1, -0.05) is 265 Å². The van der Waals surface area contributed by atoms with Crippen LogP contribution in [0, 0.1) is 41.5 Å². The van der Waals surface area contributed by atoms with Crippen LogP contribution < -0.4 is 18.3 Å². The molecule has 0 fully saturated rings. The number of hydrogen-bond donors (Lipinski definition) is 0. The summed E-state index contributed by atoms with van der Waals surface area (Å²) in [4.78, 5) is 3.34. The summed E-state index contributed by atoms with van der Waals surface area (Å²) in [5.41, 5.74) is 41.2. The van der Waals surface area contributed by atoms with Crippen LogP contribution in [0.5, 0.6) is 0 Å². The maximum atomic E-state index is 4.36. The number of para-hydroxylation sites is 4. The molecule has 0 aliphatic carbocycles. The molecule has 20 heteroatoms. The number of nitrogens with zero attached hydrogens (tertiary/aromatic N) is 20. The molecule has 0 aliphatic rings. The second-order valence-electron chi connectivity index (χ2n) is 40.7. The molecule has 20 nitrogen and oxygen atoms in total. The molecule has 148 heavy (non-hydrogen) atoms. The summed E-state index contributed by atoms with van der Waals surface area (Å²) in [6, 6.07) is 109. The first-order valence-electron chi connectivity index (χ1n) is 51.5. The van der Waals surface area contributed by atoms with Crippen LogP contribution in [0.15, 0.2) is 366 Å². The third-order valence-corrected chi connectivity index (χ3v) is 28.7. The van der Waals surface area contributed by atoms with Gasteiger partial charge in [0.25, 0.3) is 23.3 Å². The van der Waals surface area contributed by atoms with Gasteiger partial charge in [0.05, 0.1) is 86.6 Å². The van der Waals surface area contributed by atoms with E-state index < -0.39 is 0 Å². The number of hydrogen-bond acceptors (Lipinski definition) is 8. The van der Waals surface area contributed by atoms with E-state index in [0.29, 0.717) is 35.5 Å². The number of fused-ring (bicyclic) bond motifs is 2. The zero-order chi connectivity index (χ0) is 104. The predicted molar refractivity (Wildman–Crippen MR) is 599 cm³/mol. The van der Waals surface area contributed by atoms with Gasteiger partial charge in [-0.25, -0.2) is 18.3 Å². The number of aryl methyl sites for hydroxylation is 10. The van der Waals surface area contributed by atoms with Crippen LogP contribution in [0.25, 0.3) is 158 Å². The van der Waals surface area contributed by atoms with Crippen molar-refractivity contribution in [2.75, 3.05) is 0 Å². The molecule has 0 radical (unpaired) electrons. The molecule has 0 saturated carbocycles. The largest absolute Gasteiger partial charge is 0.295 e. The fraction of sp³-hybridized carbons (Fsp3) is 0.219. The molecule has 0 N–H and O–H groups in total. The van der Waals surface area contributed by atoms with Gasteiger partial charge in [0.1, 0.15) is 71.8 Å². The minimum absolute atomic E-state index is 0.346. The predicted octanol–water partition coefficient (Wildman–Crippen LogP) is 27.8. The SMILES string of the molecule is Cc1ccc(-n2c(C)nnc2C)cc1-c1n(-c2c(C(C)C)cc(-c3ccccc3)cc2C(C)C)cc[n+]1C.Cc1ccc(-n2cnnc2)cc1-c1n(-c2ccc(-c3ccccc3)cc2C(C)C)c2ccccc2[n+]1C.Cc1ccc(-n2nccn2)cc1-c1n(-c2c(C(C)C)cc(-c3ccccc3)cc2C(C)C)cc[n+]1C.Cc1ccc(-n2nccn2)cc1-c1n(-c2ccc(-c3ccccc3)cc2C(C)C)c2ccccc2[n+]1C. The third-order valence-electron chi connectivity index (χ3n) is 28.7. The average Bonchev–Trinajstić information content (AvgIpc) is 1.58. The summed E-state index contributed by atoms with van der Waals surface area (Å²) < 4.78 is 22.7. The Hall–Kier alpha value is -17.0. The van der Waals surface area contributed by atoms with Crippen LogP contribution in [0.2, 0.25) is 0 Å². The lowest BCUT2D eigenvalue weighted by atomic mass is 9.88. The maximum absolute atomic E-state index is 4.36. The van der Waals surface area contributed by atoms with E-state index >= 15 is 0 Å². The van der Waals surface area contributed by atoms with Crippen LogP contribution in [0.4, 0.5) is 0 Å². The fourth-order valence-electron chi connectivity index (χ4n) is 20.8. The summed E-state index contributed by atoms with van der Waals surface area (Å²) >= 11 is 0. The Morgan fingerprint density at radius 2 is 0.547 bits per heavy atom. The average molecular weight is 1950 g/mol. The monoisotopic (exact) mass is 1950 g/mol. The van der Waals surface area contributed by atoms with Crippen LogP contribution in [-0.2, 0) is 28.2 Å². The standard InChI is InChI=1S/C33H38N5.2C32H30N5.C31H34N5/c1-21(2)29-18-27(26-12-10-9-11-13-26)19-30(22(3)4)32(29)37-17-16-36(8)33(37)31-20-28(15-14-23(31)5)38-24(6)34-35-25(38)7;1-22(2)27-18-25(24-10-6-5-7-11-24)15-17-29(27)37-31-13-9-8-12-30(31)35(4)32(37)28-19-26(16-14-23(28)3)36-20-33-34-21-36;1-22(2)27-20-25(24-10-6-5-7-11-24)15-17-29(27)36-31-13-9-8-12-30(31)35(4)32(36)28-21-26(16-14-23(28)3)37-33-18-19-34-37;1-21(2)27-18-25(24-10-8-7-9-11-24)19-28(22(3)4)30(27)35-17-16-34(6)31(35)29-20-26(13-12-23(29)5)36-32-14-15-33-36/h9-22H,1-8H3;2*5-22H,1-4H3;7-22H,1-6H3/q4*+1. The highest BCUT2D eigenvalue weighted by Crippen LogP contribution is 2.45. The van der Waals surface area contributed by atoms with Crippen molar-refractivity contribution in [1.29, 1.82) is 0 Å². The van der Waals surface area contributed by atoms with Crippen molar-refractivity contribution >= 4 is 22.1 Å². The molecule has 740 valence electrons. The molecule has 22 aromatic rings. The molecule has 0 atom stereocenters. The highest BCUT2D eigenvalue weighted by molar-refractivity contribution is 5.85. The summed E-state index contributed by atoms with van der Waals surface area (Å²) in [5, 5.41) is 34.0. The van der Waals surface area contributed by atoms with E-state index in [-0.39, 0.29) is 0 Å². The number of aromatic nitrogens is 20. The minimum atomic E-state index is 0.346. The quantitative estimate of drug-likeness (QED) is 0.0607. The van der Waals surface area contributed by atoms with Crippen LogP contribution in [0.3, 0.4) is 0 Å². The lowest BCUT2D eigenvalue weighted by Crippen LogP contribution is -2.30. The number of benzene rings is 14. The van der Waals surface area contributed by atoms with E-state index in [4.69, 9.17) is 0 Å². The highest BCUT2D eigenvalue weighted by Gasteiger charge is 2.36. The zero-order valence-electron chi connectivity index (χ0n) is 89.0. The Morgan fingerprint density at radius 1 is 0.257 bits per heavy atom. The van der Waals surface area contributed by atoms with Gasteiger partial charge < -0.3 is 0 Å². The molecule has 8 aromatic heterocycles. The van der Waals surface area contributed by atoms with E-state index in [1.807, 2.05) is 18.4 Å². The third kappa shape index (κ3) is 19.8. The lowest BCUT2D eigenvalue weighted by molar-refractivity contribution is -0.659. The van der Waals surface area contributed by atoms with E-state index in [9.17, 15) is 0 Å². The van der Waals surface area contributed by atoms with Gasteiger partial charge in [-0.2, -0.15) is 48.3 Å². The van der Waals surface area contributed by atoms with Crippen molar-refractivity contribution in [2.45, 2.75) is 160 Å². The Bertz CT molecular complexity index is 8160. The van der Waals surface area contributed by atoms with Gasteiger partial charge >= 0.3 is 0 Å². The Kier molecular flexibility index (Phi) is 28.8. The first-order chi connectivity index (χ1) is 71.6. The molecule has 0 saturated heterocycles. The molecule has 0 spiro atoms. The second-order valence-corrected chi connectivity index (χ2v) is 40.7. The molecule has 22 rings (SSSR count). The van der Waals surface area contributed by atoms with Gasteiger partial charge in [0, 0.05) is 44.8 Å². The Balaban J connectivity index is 0.000000124. The molecule has 0 aliphatic heterocycles. The van der Waals surface area contributed by atoms with Crippen molar-refractivity contribution in [3.63, 3.8) is 0 Å². The zero-order valence-corrected chi connectivity index (χ0v) is 89.0. The van der Waals surface area contributed by atoms with E-state index in [1.54, 1.807) is 47.0 Å². The minimum Gasteiger partial charge on any atom is -0.288 e. The first kappa shape index (κ1) is 99.7. The normalized spacial score (nSPS) is 11.5. The van der Waals surface area contributed by atoms with Gasteiger partial charge in [0.2, 0.25) is 0 Å². The van der Waals surface area contributed by atoms with Gasteiger partial charge in [0.15, 0.2) is 22.1 Å². The van der Waals surface area contributed by atoms with Gasteiger partial charge in [-0.3, -0.25) is 9.13 Å². The number of imidazole rings is 4. The van der Waals surface area contributed by atoms with Crippen molar-refractivity contribution in [2.24, 2.45) is 28.2 Å². The van der Waals surface area contributed by atoms with E-state index in [2.05, 4.69) is 549 Å². The highest BCUT2D eigenvalue weighted by atomic mass is 15.5. The topological polar surface area (TPSA) is 158 Å². The number of rotatable bonds is 22. The molecular formula is C128H132N20+4. The molecular weight excluding hydrogens is 1820 g/mol. The summed E-state index contributed by atoms with van der Waals surface area (Å²) in [7, 11) is 8.56. The van der Waals surface area contributed by atoms with Crippen molar-refractivity contribution in [3.05, 3.63) is 433 Å². The molecule has 14 aromatic carbocycles. The lowest BCUT2D eigenvalue weighted by Gasteiger charge is -2.20. The van der Waals surface area contributed by atoms with Crippen molar-refractivity contribution in [1.82, 2.24) is 77.8 Å². The van der Waals surface area contributed by atoms with Crippen LogP contribution in [-0.4, -0.2) is 77.8 Å². The Morgan fingerprint density at radius 3 is 0.892 bits per heavy atom. The summed E-state index contributed by atoms with van der Waals surface area (Å²) in [5.74, 6) is 8.48. The van der Waals surface area contributed by atoms with E-state index in [1.165, 1.54) is 156 Å². The van der Waals surface area contributed by atoms with E-state index in [0.717, 1.165) is 68.8 Å². The second kappa shape index (κ2) is 42.7. The molecule has 8 heterocycles. The van der Waals surface area contributed by atoms with Gasteiger partial charge in [-0.05, 0) is 265 Å². The summed E-state index contributed by atoms with van der Waals surface area (Å²) in [6.07, 6.45) is 19.0. The van der Waals surface area contributed by atoms with Crippen molar-refractivity contribution in [3.8, 4) is 136 Å². The smallest absolute Gasteiger partial charge is 0.288 e. The van der Waals surface area contributed by atoms with Gasteiger partial charge in [-0.15, -0.1) is 20.4 Å². The molecule has 0 unspecified atom stereocenters. The van der Waals surface area contributed by atoms with Crippen LogP contribution in [0.1, 0.15) is 186 Å². The van der Waals surface area contributed by atoms with Crippen molar-refractivity contribution < 1.29 is 18.3 Å². The first-order valence-corrected chi connectivity index (χ1v) is 51.5. The van der Waals surface area contributed by atoms with Crippen LogP contribution >= 0.6 is 0 Å². The molecule has 0 amide bonds. The fourth-order valence-corrected chi connectivity index (χ4v) is 20.8. The Labute approximate surface area is 869 Å². The maximum Gasteiger partial charge on any atom is 0.295 e. The molecule has 0 bridgehead atoms. The summed E-state index contributed by atoms with van der Waals surface area (Å²) in [6.45, 7) is 40.1.